The van der Waals surface area contributed by atoms with E-state index in [-0.39, 0.29) is 36.1 Å². The average Bonchev–Trinajstić information content (AvgIpc) is 3.68. The molecule has 236 valence electrons. The number of carbonyl (C=O) groups is 2. The van der Waals surface area contributed by atoms with Crippen molar-refractivity contribution in [3.63, 3.8) is 0 Å². The van der Waals surface area contributed by atoms with Crippen molar-refractivity contribution in [2.45, 2.75) is 101 Å². The van der Waals surface area contributed by atoms with Crippen molar-refractivity contribution < 1.29 is 29.6 Å². The van der Waals surface area contributed by atoms with Gasteiger partial charge in [0.25, 0.3) is 0 Å². The van der Waals surface area contributed by atoms with Gasteiger partial charge in [0, 0.05) is 53.1 Å². The van der Waals surface area contributed by atoms with Gasteiger partial charge in [-0.2, -0.15) is 5.10 Å². The van der Waals surface area contributed by atoms with E-state index >= 15 is 0 Å². The number of esters is 1. The number of nitrogens with zero attached hydrogens (tertiary/aromatic N) is 1. The molecule has 1 amide bonds. The molecule has 1 aromatic heterocycles. The molecule has 0 saturated heterocycles. The molecule has 8 atom stereocenters. The van der Waals surface area contributed by atoms with Crippen LogP contribution in [0.2, 0.25) is 0 Å². The number of aliphatic hydroxyl groups is 3. The van der Waals surface area contributed by atoms with Gasteiger partial charge in [0.2, 0.25) is 5.91 Å². The van der Waals surface area contributed by atoms with Crippen molar-refractivity contribution in [1.29, 1.82) is 0 Å². The molecule has 4 aliphatic carbocycles. The number of carbonyl (C=O) groups excluding carboxylic acids is 2. The van der Waals surface area contributed by atoms with Crippen LogP contribution in [0.5, 0.6) is 0 Å². The number of ether oxygens (including phenoxy) is 1. The lowest BCUT2D eigenvalue weighted by Gasteiger charge is -2.65. The predicted molar refractivity (Wildman–Crippen MR) is 165 cm³/mol. The summed E-state index contributed by atoms with van der Waals surface area (Å²) in [6.07, 6.45) is 12.1. The number of aliphatic hydroxyl groups excluding tert-OH is 1. The van der Waals surface area contributed by atoms with Gasteiger partial charge in [0.05, 0.1) is 17.3 Å². The maximum absolute atomic E-state index is 12.9. The van der Waals surface area contributed by atoms with Crippen LogP contribution in [0.3, 0.4) is 0 Å². The third-order valence-corrected chi connectivity index (χ3v) is 12.6. The lowest BCUT2D eigenvalue weighted by molar-refractivity contribution is -0.237. The molecule has 0 radical (unpaired) electrons. The number of aromatic nitrogens is 1. The number of aryl methyl sites for hydroxylation is 1. The van der Waals surface area contributed by atoms with Crippen LogP contribution in [0.1, 0.15) is 83.1 Å². The number of H-pyrrole nitrogens is 1. The van der Waals surface area contributed by atoms with Gasteiger partial charge >= 0.3 is 5.97 Å². The van der Waals surface area contributed by atoms with Crippen molar-refractivity contribution in [2.24, 2.45) is 33.7 Å². The minimum absolute atomic E-state index is 0.0384. The summed E-state index contributed by atoms with van der Waals surface area (Å²) in [5.41, 5.74) is 2.75. The molecule has 5 N–H and O–H groups in total. The van der Waals surface area contributed by atoms with Crippen molar-refractivity contribution in [3.05, 3.63) is 47.7 Å². The zero-order valence-corrected chi connectivity index (χ0v) is 25.6. The lowest BCUT2D eigenvalue weighted by Crippen LogP contribution is -2.68. The van der Waals surface area contributed by atoms with Crippen LogP contribution >= 0.6 is 0 Å². The predicted octanol–water partition coefficient (Wildman–Crippen LogP) is 4.31. The summed E-state index contributed by atoms with van der Waals surface area (Å²) in [6.45, 7) is 2.48. The number of cyclic esters (lactones) is 1. The summed E-state index contributed by atoms with van der Waals surface area (Å²) in [5.74, 6) is -0.477. The van der Waals surface area contributed by atoms with Gasteiger partial charge in [-0.3, -0.25) is 4.79 Å². The van der Waals surface area contributed by atoms with Gasteiger partial charge in [-0.1, -0.05) is 25.1 Å². The normalized spacial score (nSPS) is 39.9. The third-order valence-electron chi connectivity index (χ3n) is 12.6. The molecule has 0 bridgehead atoms. The number of hydrogen-bond donors (Lipinski definition) is 5. The Labute approximate surface area is 258 Å². The molecule has 9 heteroatoms. The lowest BCUT2D eigenvalue weighted by atomic mass is 9.41. The monoisotopic (exact) mass is 603 g/mol. The fraction of sp³-hybridized carbons (Fsp3) is 0.629. The number of para-hydroxylation sites is 1. The number of amides is 1. The minimum atomic E-state index is -1.16. The Balaban J connectivity index is 1.08. The first-order valence-corrected chi connectivity index (χ1v) is 16.5. The molecule has 4 saturated carbocycles. The molecule has 44 heavy (non-hydrogen) atoms. The van der Waals surface area contributed by atoms with Crippen LogP contribution < -0.4 is 5.43 Å². The third kappa shape index (κ3) is 4.49. The molecule has 2 heterocycles. The van der Waals surface area contributed by atoms with Gasteiger partial charge in [0.1, 0.15) is 6.61 Å². The van der Waals surface area contributed by atoms with Gasteiger partial charge in [-0.15, -0.1) is 0 Å². The average molecular weight is 604 g/mol. The zero-order valence-electron chi connectivity index (χ0n) is 25.6. The smallest absolute Gasteiger partial charge is 0.331 e. The zero-order chi connectivity index (χ0) is 30.7. The van der Waals surface area contributed by atoms with Crippen LogP contribution in [-0.2, 0) is 20.7 Å². The number of rotatable bonds is 7. The van der Waals surface area contributed by atoms with Gasteiger partial charge in [-0.05, 0) is 99.2 Å². The van der Waals surface area contributed by atoms with Crippen LogP contribution in [0, 0.1) is 28.6 Å². The molecule has 1 aliphatic heterocycles. The molecule has 0 unspecified atom stereocenters. The fourth-order valence-electron chi connectivity index (χ4n) is 10.4. The Bertz CT molecular complexity index is 1520. The standard InChI is InChI=1S/C35H45N3O6/c1-32-13-10-27-28(35(32,43)16-12-26(32)23-17-31(41)44-20-23)11-15-34(42)18-24(39)9-14-33(27,34)21-37-38-30(40)8-4-5-22-19-36-29-7-3-2-6-25(22)29/h2-3,6-7,17,19,21,24,26-28,36,39,42-43H,4-5,8-16,18,20H2,1H3,(H,38,40)/b37-21-/t24-,26-,27+,28-,32-,33+,34+,35+/m1/s1. The summed E-state index contributed by atoms with van der Waals surface area (Å²) in [4.78, 5) is 28.0. The van der Waals surface area contributed by atoms with Crippen LogP contribution in [0.15, 0.2) is 47.2 Å². The summed E-state index contributed by atoms with van der Waals surface area (Å²) < 4.78 is 5.25. The van der Waals surface area contributed by atoms with Gasteiger partial charge in [0.15, 0.2) is 0 Å². The van der Waals surface area contributed by atoms with Crippen molar-refractivity contribution in [2.75, 3.05) is 6.61 Å². The summed E-state index contributed by atoms with van der Waals surface area (Å²) >= 11 is 0. The molecular weight excluding hydrogens is 558 g/mol. The Morgan fingerprint density at radius 3 is 2.75 bits per heavy atom. The van der Waals surface area contributed by atoms with Crippen molar-refractivity contribution in [3.8, 4) is 0 Å². The number of fused-ring (bicyclic) bond motifs is 6. The molecule has 1 aromatic carbocycles. The van der Waals surface area contributed by atoms with Gasteiger partial charge in [-0.25, -0.2) is 10.2 Å². The number of aromatic amines is 1. The van der Waals surface area contributed by atoms with E-state index in [1.54, 1.807) is 12.3 Å². The highest BCUT2D eigenvalue weighted by Gasteiger charge is 2.71. The molecular formula is C35H45N3O6. The SMILES string of the molecule is C[C@]12CC[C@H]3[C@@H](CC[C@]4(O)C[C@H](O)CC[C@]34/C=N\NC(=O)CCCc3c[nH]c4ccccc34)[C@@]1(O)CC[C@@H]2C1=CC(=O)OC1. The largest absolute Gasteiger partial charge is 0.458 e. The van der Waals surface area contributed by atoms with E-state index in [0.29, 0.717) is 51.6 Å². The maximum atomic E-state index is 12.9. The van der Waals surface area contributed by atoms with Gasteiger partial charge < -0.3 is 25.0 Å². The second kappa shape index (κ2) is 10.8. The van der Waals surface area contributed by atoms with Crippen LogP contribution in [-0.4, -0.2) is 62.3 Å². The Hall–Kier alpha value is -3.01. The van der Waals surface area contributed by atoms with Crippen molar-refractivity contribution >= 4 is 29.0 Å². The number of nitrogens with one attached hydrogen (secondary N) is 2. The van der Waals surface area contributed by atoms with E-state index in [1.807, 2.05) is 24.4 Å². The maximum Gasteiger partial charge on any atom is 0.331 e. The van der Waals surface area contributed by atoms with E-state index in [1.165, 1.54) is 10.9 Å². The van der Waals surface area contributed by atoms with E-state index < -0.39 is 28.1 Å². The molecule has 9 nitrogen and oxygen atoms in total. The van der Waals surface area contributed by atoms with E-state index in [2.05, 4.69) is 28.5 Å². The molecule has 5 aliphatic rings. The van der Waals surface area contributed by atoms with E-state index in [0.717, 1.165) is 36.8 Å². The highest BCUT2D eigenvalue weighted by atomic mass is 16.5. The Morgan fingerprint density at radius 2 is 1.93 bits per heavy atom. The first kappa shape index (κ1) is 29.7. The quantitative estimate of drug-likeness (QED) is 0.181. The second-order valence-corrected chi connectivity index (χ2v) is 14.5. The molecule has 7 rings (SSSR count). The van der Waals surface area contributed by atoms with Crippen LogP contribution in [0.4, 0.5) is 0 Å². The first-order chi connectivity index (χ1) is 21.1. The van der Waals surface area contributed by atoms with Crippen LogP contribution in [0.25, 0.3) is 10.9 Å². The topological polar surface area (TPSA) is 144 Å². The van der Waals surface area contributed by atoms with Crippen molar-refractivity contribution in [1.82, 2.24) is 10.4 Å². The Kier molecular flexibility index (Phi) is 7.29. The fourth-order valence-corrected chi connectivity index (χ4v) is 10.4. The highest BCUT2D eigenvalue weighted by Crippen LogP contribution is 2.70. The molecule has 4 fully saturated rings. The summed E-state index contributed by atoms with van der Waals surface area (Å²) in [7, 11) is 0. The van der Waals surface area contributed by atoms with E-state index in [9.17, 15) is 24.9 Å². The second-order valence-electron chi connectivity index (χ2n) is 14.5. The number of hydrogen-bond acceptors (Lipinski definition) is 7. The number of benzene rings is 1. The summed E-state index contributed by atoms with van der Waals surface area (Å²) in [5, 5.41) is 41.0. The first-order valence-electron chi connectivity index (χ1n) is 16.5. The molecule has 2 aromatic rings. The Morgan fingerprint density at radius 1 is 1.11 bits per heavy atom. The highest BCUT2D eigenvalue weighted by molar-refractivity contribution is 5.85. The number of hydrazone groups is 1. The minimum Gasteiger partial charge on any atom is -0.458 e. The molecule has 0 spiro atoms. The summed E-state index contributed by atoms with van der Waals surface area (Å²) in [6, 6.07) is 8.14. The van der Waals surface area contributed by atoms with E-state index in [4.69, 9.17) is 4.74 Å².